The first kappa shape index (κ1) is 12.7. The molecule has 4 nitrogen and oxygen atoms in total. The average molecular weight is 262 g/mol. The van der Waals surface area contributed by atoms with E-state index in [0.29, 0.717) is 5.92 Å². The molecule has 0 bridgehead atoms. The van der Waals surface area contributed by atoms with Crippen LogP contribution in [0.15, 0.2) is 12.3 Å². The van der Waals surface area contributed by atoms with E-state index in [-0.39, 0.29) is 11.3 Å². The molecule has 1 aliphatic carbocycles. The molecule has 1 saturated carbocycles. The highest BCUT2D eigenvalue weighted by molar-refractivity contribution is 5.94. The number of hydrogen-bond donors (Lipinski definition) is 2. The lowest BCUT2D eigenvalue weighted by Crippen LogP contribution is -2.39. The summed E-state index contributed by atoms with van der Waals surface area (Å²) in [5.41, 5.74) is 2.13. The van der Waals surface area contributed by atoms with E-state index in [1.54, 1.807) is 0 Å². The van der Waals surface area contributed by atoms with Crippen LogP contribution in [-0.2, 0) is 4.74 Å². The Bertz CT molecular complexity index is 456. The van der Waals surface area contributed by atoms with E-state index >= 15 is 0 Å². The molecule has 1 aliphatic heterocycles. The molecule has 0 atom stereocenters. The second-order valence-electron chi connectivity index (χ2n) is 6.19. The number of carbonyl (C=O) groups is 1. The Kier molecular flexibility index (Phi) is 3.35. The standard InChI is InChI=1S/C15H22N2O2/c1-15(5-8-19-9-6-15)10-17-14(18)13-12(4-7-16-13)11-2-3-11/h4,7,11,16H,2-3,5-6,8-10H2,1H3,(H,17,18). The van der Waals surface area contributed by atoms with Crippen LogP contribution in [0.5, 0.6) is 0 Å². The van der Waals surface area contributed by atoms with Gasteiger partial charge in [-0.3, -0.25) is 4.79 Å². The van der Waals surface area contributed by atoms with E-state index in [1.165, 1.54) is 18.4 Å². The van der Waals surface area contributed by atoms with Crippen molar-refractivity contribution in [2.75, 3.05) is 19.8 Å². The molecule has 4 heteroatoms. The first-order valence-electron chi connectivity index (χ1n) is 7.21. The van der Waals surface area contributed by atoms with Gasteiger partial charge in [0.15, 0.2) is 0 Å². The molecule has 0 unspecified atom stereocenters. The topological polar surface area (TPSA) is 54.1 Å². The molecule has 2 N–H and O–H groups in total. The number of aromatic nitrogens is 1. The quantitative estimate of drug-likeness (QED) is 0.875. The highest BCUT2D eigenvalue weighted by Crippen LogP contribution is 2.41. The lowest BCUT2D eigenvalue weighted by molar-refractivity contribution is 0.0238. The SMILES string of the molecule is CC1(CNC(=O)c2[nH]ccc2C2CC2)CCOCC1. The molecular weight excluding hydrogens is 240 g/mol. The number of H-pyrrole nitrogens is 1. The maximum Gasteiger partial charge on any atom is 0.268 e. The minimum absolute atomic E-state index is 0.0413. The van der Waals surface area contributed by atoms with E-state index < -0.39 is 0 Å². The van der Waals surface area contributed by atoms with Crippen molar-refractivity contribution in [2.24, 2.45) is 5.41 Å². The first-order chi connectivity index (χ1) is 9.18. The van der Waals surface area contributed by atoms with E-state index in [4.69, 9.17) is 4.74 Å². The Hall–Kier alpha value is -1.29. The zero-order chi connectivity index (χ0) is 13.3. The average Bonchev–Trinajstić information content (AvgIpc) is 3.14. The van der Waals surface area contributed by atoms with Crippen LogP contribution in [0.1, 0.15) is 54.6 Å². The van der Waals surface area contributed by atoms with Crippen molar-refractivity contribution in [3.05, 3.63) is 23.5 Å². The van der Waals surface area contributed by atoms with Crippen molar-refractivity contribution in [3.8, 4) is 0 Å². The lowest BCUT2D eigenvalue weighted by Gasteiger charge is -2.33. The number of hydrogen-bond acceptors (Lipinski definition) is 2. The van der Waals surface area contributed by atoms with E-state index in [1.807, 2.05) is 12.3 Å². The molecule has 1 saturated heterocycles. The van der Waals surface area contributed by atoms with Gasteiger partial charge in [0.25, 0.3) is 5.91 Å². The van der Waals surface area contributed by atoms with Gasteiger partial charge in [0.05, 0.1) is 0 Å². The second kappa shape index (κ2) is 5.00. The van der Waals surface area contributed by atoms with Gasteiger partial charge in [-0.05, 0) is 48.6 Å². The van der Waals surface area contributed by atoms with Crippen LogP contribution in [0.2, 0.25) is 0 Å². The minimum atomic E-state index is 0.0413. The highest BCUT2D eigenvalue weighted by Gasteiger charge is 2.31. The Morgan fingerprint density at radius 2 is 2.21 bits per heavy atom. The van der Waals surface area contributed by atoms with Gasteiger partial charge in [0.1, 0.15) is 5.69 Å². The lowest BCUT2D eigenvalue weighted by atomic mass is 9.82. The fraction of sp³-hybridized carbons (Fsp3) is 0.667. The van der Waals surface area contributed by atoms with E-state index in [0.717, 1.165) is 38.3 Å². The normalized spacial score (nSPS) is 22.2. The summed E-state index contributed by atoms with van der Waals surface area (Å²) in [6.45, 7) is 4.58. The molecule has 3 rings (SSSR count). The predicted molar refractivity (Wildman–Crippen MR) is 73.3 cm³/mol. The van der Waals surface area contributed by atoms with Gasteiger partial charge in [-0.25, -0.2) is 0 Å². The summed E-state index contributed by atoms with van der Waals surface area (Å²) in [5.74, 6) is 0.644. The van der Waals surface area contributed by atoms with Gasteiger partial charge in [0, 0.05) is 26.0 Å². The van der Waals surface area contributed by atoms with Crippen molar-refractivity contribution < 1.29 is 9.53 Å². The molecule has 19 heavy (non-hydrogen) atoms. The number of carbonyl (C=O) groups excluding carboxylic acids is 1. The maximum atomic E-state index is 12.3. The number of aromatic amines is 1. The van der Waals surface area contributed by atoms with Gasteiger partial charge < -0.3 is 15.0 Å². The number of ether oxygens (including phenoxy) is 1. The van der Waals surface area contributed by atoms with Crippen LogP contribution < -0.4 is 5.32 Å². The summed E-state index contributed by atoms with van der Waals surface area (Å²) in [6.07, 6.45) is 6.35. The summed E-state index contributed by atoms with van der Waals surface area (Å²) in [7, 11) is 0. The number of rotatable bonds is 4. The molecule has 1 aromatic rings. The minimum Gasteiger partial charge on any atom is -0.381 e. The van der Waals surface area contributed by atoms with Crippen LogP contribution in [0.3, 0.4) is 0 Å². The number of nitrogens with one attached hydrogen (secondary N) is 2. The maximum absolute atomic E-state index is 12.3. The van der Waals surface area contributed by atoms with Gasteiger partial charge >= 0.3 is 0 Å². The summed E-state index contributed by atoms with van der Waals surface area (Å²) in [4.78, 5) is 15.4. The van der Waals surface area contributed by atoms with Gasteiger partial charge in [-0.15, -0.1) is 0 Å². The Morgan fingerprint density at radius 1 is 1.47 bits per heavy atom. The molecule has 2 heterocycles. The zero-order valence-electron chi connectivity index (χ0n) is 11.5. The predicted octanol–water partition coefficient (Wildman–Crippen LogP) is 2.44. The Balaban J connectivity index is 1.60. The smallest absolute Gasteiger partial charge is 0.268 e. The van der Waals surface area contributed by atoms with Crippen molar-refractivity contribution in [3.63, 3.8) is 0 Å². The Morgan fingerprint density at radius 3 is 2.89 bits per heavy atom. The van der Waals surface area contributed by atoms with Crippen molar-refractivity contribution in [2.45, 2.75) is 38.5 Å². The monoisotopic (exact) mass is 262 g/mol. The molecule has 0 aromatic carbocycles. The van der Waals surface area contributed by atoms with E-state index in [9.17, 15) is 4.79 Å². The third kappa shape index (κ3) is 2.84. The summed E-state index contributed by atoms with van der Waals surface area (Å²) in [6, 6.07) is 2.04. The zero-order valence-corrected chi connectivity index (χ0v) is 11.5. The van der Waals surface area contributed by atoms with Crippen LogP contribution in [0, 0.1) is 5.41 Å². The van der Waals surface area contributed by atoms with Crippen molar-refractivity contribution in [1.82, 2.24) is 10.3 Å². The molecule has 1 aromatic heterocycles. The molecule has 2 aliphatic rings. The second-order valence-corrected chi connectivity index (χ2v) is 6.19. The van der Waals surface area contributed by atoms with Gasteiger partial charge in [-0.1, -0.05) is 6.92 Å². The number of amides is 1. The fourth-order valence-electron chi connectivity index (χ4n) is 2.74. The summed E-state index contributed by atoms with van der Waals surface area (Å²) >= 11 is 0. The highest BCUT2D eigenvalue weighted by atomic mass is 16.5. The van der Waals surface area contributed by atoms with Crippen LogP contribution in [-0.4, -0.2) is 30.6 Å². The van der Waals surface area contributed by atoms with Crippen LogP contribution in [0.4, 0.5) is 0 Å². The third-order valence-corrected chi connectivity index (χ3v) is 4.40. The third-order valence-electron chi connectivity index (χ3n) is 4.40. The summed E-state index contributed by atoms with van der Waals surface area (Å²) < 4.78 is 5.38. The molecule has 0 radical (unpaired) electrons. The van der Waals surface area contributed by atoms with Gasteiger partial charge in [-0.2, -0.15) is 0 Å². The molecule has 2 fully saturated rings. The largest absolute Gasteiger partial charge is 0.381 e. The summed E-state index contributed by atoms with van der Waals surface area (Å²) in [5, 5.41) is 3.09. The molecular formula is C15H22N2O2. The van der Waals surface area contributed by atoms with Crippen LogP contribution in [0.25, 0.3) is 0 Å². The van der Waals surface area contributed by atoms with E-state index in [2.05, 4.69) is 17.2 Å². The van der Waals surface area contributed by atoms with Crippen LogP contribution >= 0.6 is 0 Å². The van der Waals surface area contributed by atoms with Crippen molar-refractivity contribution in [1.29, 1.82) is 0 Å². The molecule has 1 amide bonds. The van der Waals surface area contributed by atoms with Gasteiger partial charge in [0.2, 0.25) is 0 Å². The molecule has 104 valence electrons. The Labute approximate surface area is 113 Å². The molecule has 0 spiro atoms. The fourth-order valence-corrected chi connectivity index (χ4v) is 2.74. The first-order valence-corrected chi connectivity index (χ1v) is 7.21. The van der Waals surface area contributed by atoms with Crippen molar-refractivity contribution >= 4 is 5.91 Å².